The average Bonchev–Trinajstić information content (AvgIpc) is 2.34. The molecule has 0 radical (unpaired) electrons. The molecule has 74 valence electrons. The van der Waals surface area contributed by atoms with Crippen molar-refractivity contribution in [1.82, 2.24) is 4.72 Å². The monoisotopic (exact) mass is 222 g/mol. The van der Waals surface area contributed by atoms with Gasteiger partial charge in [0.25, 0.3) is 0 Å². The molecule has 2 atom stereocenters. The number of sulfonamides is 1. The van der Waals surface area contributed by atoms with Crippen molar-refractivity contribution in [3.8, 4) is 6.07 Å². The van der Waals surface area contributed by atoms with E-state index in [2.05, 4.69) is 4.72 Å². The van der Waals surface area contributed by atoms with Crippen molar-refractivity contribution in [2.24, 2.45) is 0 Å². The Labute approximate surface area is 79.6 Å². The average molecular weight is 222 g/mol. The van der Waals surface area contributed by atoms with E-state index in [4.69, 9.17) is 5.26 Å². The van der Waals surface area contributed by atoms with Gasteiger partial charge in [0.05, 0.1) is 6.07 Å². The highest BCUT2D eigenvalue weighted by atomic mass is 32.2. The first kappa shape index (κ1) is 10.6. The van der Waals surface area contributed by atoms with Gasteiger partial charge in [-0.15, -0.1) is 0 Å². The highest BCUT2D eigenvalue weighted by Gasteiger charge is 2.25. The van der Waals surface area contributed by atoms with Gasteiger partial charge in [0, 0.05) is 28.3 Å². The Bertz CT molecular complexity index is 343. The van der Waals surface area contributed by atoms with Crippen LogP contribution in [0.2, 0.25) is 0 Å². The summed E-state index contributed by atoms with van der Waals surface area (Å²) in [5.41, 5.74) is 0. The van der Waals surface area contributed by atoms with Gasteiger partial charge in [-0.1, -0.05) is 0 Å². The number of hydrogen-bond donors (Lipinski definition) is 1. The summed E-state index contributed by atoms with van der Waals surface area (Å²) >= 11 is 0. The lowest BCUT2D eigenvalue weighted by molar-refractivity contribution is 0.566. The highest BCUT2D eigenvalue weighted by molar-refractivity contribution is 7.89. The van der Waals surface area contributed by atoms with E-state index < -0.39 is 26.6 Å². The lowest BCUT2D eigenvalue weighted by Crippen LogP contribution is -2.36. The molecule has 2 unspecified atom stereocenters. The maximum Gasteiger partial charge on any atom is 0.225 e. The second-order valence-electron chi connectivity index (χ2n) is 2.83. The summed E-state index contributed by atoms with van der Waals surface area (Å²) in [6.45, 7) is 0. The van der Waals surface area contributed by atoms with Crippen LogP contribution in [0.25, 0.3) is 0 Å². The van der Waals surface area contributed by atoms with E-state index in [0.29, 0.717) is 17.9 Å². The van der Waals surface area contributed by atoms with Crippen LogP contribution in [0, 0.1) is 11.3 Å². The Kier molecular flexibility index (Phi) is 3.41. The molecule has 7 heteroatoms. The van der Waals surface area contributed by atoms with Crippen molar-refractivity contribution in [2.45, 2.75) is 12.5 Å². The van der Waals surface area contributed by atoms with Crippen molar-refractivity contribution in [1.29, 1.82) is 5.26 Å². The number of nitrogens with zero attached hydrogens (tertiary/aromatic N) is 1. The van der Waals surface area contributed by atoms with Gasteiger partial charge in [-0.25, -0.2) is 13.1 Å². The van der Waals surface area contributed by atoms with E-state index in [-0.39, 0.29) is 6.04 Å². The van der Waals surface area contributed by atoms with E-state index in [1.54, 1.807) is 6.07 Å². The van der Waals surface area contributed by atoms with Gasteiger partial charge in [-0.3, -0.25) is 4.21 Å². The lowest BCUT2D eigenvalue weighted by Gasteiger charge is -2.08. The van der Waals surface area contributed by atoms with Crippen LogP contribution >= 0.6 is 0 Å². The van der Waals surface area contributed by atoms with Crippen LogP contribution in [-0.2, 0) is 20.8 Å². The number of hydrogen-bond acceptors (Lipinski definition) is 4. The van der Waals surface area contributed by atoms with Crippen molar-refractivity contribution in [3.05, 3.63) is 0 Å². The molecule has 1 aliphatic heterocycles. The molecule has 0 saturated carbocycles. The zero-order valence-corrected chi connectivity index (χ0v) is 8.53. The van der Waals surface area contributed by atoms with E-state index in [9.17, 15) is 12.6 Å². The van der Waals surface area contributed by atoms with Gasteiger partial charge >= 0.3 is 0 Å². The zero-order chi connectivity index (χ0) is 9.90. The summed E-state index contributed by atoms with van der Waals surface area (Å²) in [5, 5.41) is 8.20. The molecular formula is C6H10N2O3S2. The molecule has 1 fully saturated rings. The predicted molar refractivity (Wildman–Crippen MR) is 48.8 cm³/mol. The largest absolute Gasteiger partial charge is 0.260 e. The molecule has 0 spiro atoms. The summed E-state index contributed by atoms with van der Waals surface area (Å²) in [6, 6.07) is 1.32. The van der Waals surface area contributed by atoms with Gasteiger partial charge in [0.2, 0.25) is 10.0 Å². The Hall–Kier alpha value is -0.450. The first-order valence-electron chi connectivity index (χ1n) is 3.75. The molecule has 0 bridgehead atoms. The molecule has 5 nitrogen and oxygen atoms in total. The van der Waals surface area contributed by atoms with E-state index >= 15 is 0 Å². The van der Waals surface area contributed by atoms with Crippen LogP contribution in [0.15, 0.2) is 0 Å². The number of rotatable bonds is 3. The Morgan fingerprint density at radius 3 is 2.77 bits per heavy atom. The van der Waals surface area contributed by atoms with Crippen LogP contribution in [0.1, 0.15) is 6.42 Å². The molecule has 0 aromatic heterocycles. The normalized spacial score (nSPS) is 28.5. The number of nitrogens with one attached hydrogen (secondary N) is 1. The van der Waals surface area contributed by atoms with Gasteiger partial charge in [-0.2, -0.15) is 5.26 Å². The van der Waals surface area contributed by atoms with Crippen LogP contribution < -0.4 is 4.72 Å². The Balaban J connectivity index is 2.50. The number of nitriles is 1. The van der Waals surface area contributed by atoms with E-state index in [0.717, 1.165) is 0 Å². The van der Waals surface area contributed by atoms with Gasteiger partial charge < -0.3 is 0 Å². The Morgan fingerprint density at radius 2 is 2.31 bits per heavy atom. The quantitative estimate of drug-likeness (QED) is 0.660. The third kappa shape index (κ3) is 3.42. The first-order valence-corrected chi connectivity index (χ1v) is 6.89. The van der Waals surface area contributed by atoms with Crippen LogP contribution in [0.4, 0.5) is 0 Å². The maximum atomic E-state index is 11.1. The third-order valence-corrected chi connectivity index (χ3v) is 4.35. The summed E-state index contributed by atoms with van der Waals surface area (Å²) in [6.07, 6.45) is 0.595. The Morgan fingerprint density at radius 1 is 1.62 bits per heavy atom. The summed E-state index contributed by atoms with van der Waals surface area (Å²) in [5.74, 6) is 0.376. The molecule has 0 aromatic carbocycles. The van der Waals surface area contributed by atoms with Crippen LogP contribution in [-0.4, -0.2) is 35.9 Å². The second-order valence-corrected chi connectivity index (χ2v) is 6.21. The molecular weight excluding hydrogens is 212 g/mol. The molecule has 1 saturated heterocycles. The van der Waals surface area contributed by atoms with Crippen LogP contribution in [0.3, 0.4) is 0 Å². The highest BCUT2D eigenvalue weighted by Crippen LogP contribution is 2.08. The topological polar surface area (TPSA) is 87.0 Å². The third-order valence-electron chi connectivity index (χ3n) is 1.68. The standard InChI is InChI=1S/C6H10N2O3S2/c7-2-4-13(10,11)8-6-1-3-12(9)5-6/h6,8H,1,3-5H2. The fourth-order valence-corrected chi connectivity index (χ4v) is 3.62. The van der Waals surface area contributed by atoms with Crippen molar-refractivity contribution < 1.29 is 12.6 Å². The smallest absolute Gasteiger partial charge is 0.225 e. The summed E-state index contributed by atoms with van der Waals surface area (Å²) in [7, 11) is -4.39. The first-order chi connectivity index (χ1) is 6.03. The molecule has 0 aromatic rings. The van der Waals surface area contributed by atoms with Crippen molar-refractivity contribution >= 4 is 20.8 Å². The summed E-state index contributed by atoms with van der Waals surface area (Å²) in [4.78, 5) is 0. The fourth-order valence-electron chi connectivity index (χ4n) is 1.14. The van der Waals surface area contributed by atoms with Crippen molar-refractivity contribution in [3.63, 3.8) is 0 Å². The molecule has 1 rings (SSSR count). The molecule has 0 amide bonds. The maximum absolute atomic E-state index is 11.1. The minimum atomic E-state index is -3.48. The fraction of sp³-hybridized carbons (Fsp3) is 0.833. The molecule has 1 N–H and O–H groups in total. The van der Waals surface area contributed by atoms with Crippen LogP contribution in [0.5, 0.6) is 0 Å². The minimum absolute atomic E-state index is 0.251. The molecule has 1 aliphatic rings. The second kappa shape index (κ2) is 4.17. The predicted octanol–water partition coefficient (Wildman–Crippen LogP) is -1.05. The SMILES string of the molecule is N#CCS(=O)(=O)NC1CCS(=O)C1. The lowest BCUT2D eigenvalue weighted by atomic mass is 10.3. The minimum Gasteiger partial charge on any atom is -0.260 e. The van der Waals surface area contributed by atoms with Crippen molar-refractivity contribution in [2.75, 3.05) is 17.3 Å². The molecule has 1 heterocycles. The van der Waals surface area contributed by atoms with Gasteiger partial charge in [0.1, 0.15) is 0 Å². The molecule has 13 heavy (non-hydrogen) atoms. The summed E-state index contributed by atoms with van der Waals surface area (Å²) < 4.78 is 35.4. The van der Waals surface area contributed by atoms with E-state index in [1.807, 2.05) is 0 Å². The van der Waals surface area contributed by atoms with Gasteiger partial charge in [0.15, 0.2) is 5.75 Å². The van der Waals surface area contributed by atoms with Gasteiger partial charge in [-0.05, 0) is 6.42 Å². The zero-order valence-electron chi connectivity index (χ0n) is 6.89. The molecule has 0 aliphatic carbocycles. The van der Waals surface area contributed by atoms with E-state index in [1.165, 1.54) is 0 Å².